The monoisotopic (exact) mass is 269 g/mol. The Morgan fingerprint density at radius 2 is 2.05 bits per heavy atom. The van der Waals surface area contributed by atoms with Gasteiger partial charge in [-0.15, -0.1) is 0 Å². The highest BCUT2D eigenvalue weighted by molar-refractivity contribution is 5.81. The lowest BCUT2D eigenvalue weighted by atomic mass is 10.1. The lowest BCUT2D eigenvalue weighted by Gasteiger charge is -2.05. The fourth-order valence-corrected chi connectivity index (χ4v) is 2.10. The molecule has 4 nitrogen and oxygen atoms in total. The third-order valence-corrected chi connectivity index (χ3v) is 3.17. The molecule has 0 aliphatic rings. The first-order valence-corrected chi connectivity index (χ1v) is 6.37. The molecule has 0 amide bonds. The van der Waals surface area contributed by atoms with Gasteiger partial charge in [-0.1, -0.05) is 18.2 Å². The number of fused-ring (bicyclic) bond motifs is 1. The molecule has 4 heteroatoms. The lowest BCUT2D eigenvalue weighted by Crippen LogP contribution is -1.96. The number of ether oxygens (including phenoxy) is 1. The normalized spacial score (nSPS) is 10.8. The van der Waals surface area contributed by atoms with Gasteiger partial charge in [-0.2, -0.15) is 0 Å². The van der Waals surface area contributed by atoms with E-state index >= 15 is 0 Å². The number of phenolic OH excluding ortho intramolecular Hbond substituents is 1. The molecule has 0 saturated heterocycles. The fourth-order valence-electron chi connectivity index (χ4n) is 2.10. The summed E-state index contributed by atoms with van der Waals surface area (Å²) in [5, 5.41) is 10.4. The SMILES string of the molecule is NCc1ccc2c(COc3cccc(O)c3)coc2c1. The summed E-state index contributed by atoms with van der Waals surface area (Å²) in [6.45, 7) is 0.879. The van der Waals surface area contributed by atoms with Crippen molar-refractivity contribution in [2.24, 2.45) is 5.73 Å². The maximum Gasteiger partial charge on any atom is 0.134 e. The largest absolute Gasteiger partial charge is 0.508 e. The minimum Gasteiger partial charge on any atom is -0.508 e. The molecular formula is C16H15NO3. The number of hydrogen-bond acceptors (Lipinski definition) is 4. The topological polar surface area (TPSA) is 68.6 Å². The molecule has 0 bridgehead atoms. The second kappa shape index (κ2) is 5.27. The van der Waals surface area contributed by atoms with Crippen molar-refractivity contribution in [3.05, 3.63) is 59.9 Å². The van der Waals surface area contributed by atoms with Crippen LogP contribution in [0.5, 0.6) is 11.5 Å². The first-order chi connectivity index (χ1) is 9.76. The Labute approximate surface area is 116 Å². The molecule has 0 saturated carbocycles. The van der Waals surface area contributed by atoms with Crippen molar-refractivity contribution >= 4 is 11.0 Å². The number of aromatic hydroxyl groups is 1. The molecule has 0 radical (unpaired) electrons. The van der Waals surface area contributed by atoms with Crippen molar-refractivity contribution < 1.29 is 14.3 Å². The predicted octanol–water partition coefficient (Wildman–Crippen LogP) is 3.18. The molecule has 2 aromatic carbocycles. The molecule has 0 spiro atoms. The van der Waals surface area contributed by atoms with E-state index in [4.69, 9.17) is 14.9 Å². The average molecular weight is 269 g/mol. The Bertz CT molecular complexity index is 733. The number of hydrogen-bond donors (Lipinski definition) is 2. The Morgan fingerprint density at radius 3 is 2.85 bits per heavy atom. The summed E-state index contributed by atoms with van der Waals surface area (Å²) >= 11 is 0. The van der Waals surface area contributed by atoms with Gasteiger partial charge in [-0.25, -0.2) is 0 Å². The summed E-state index contributed by atoms with van der Waals surface area (Å²) in [7, 11) is 0. The maximum atomic E-state index is 9.39. The summed E-state index contributed by atoms with van der Waals surface area (Å²) in [5.41, 5.74) is 8.41. The number of furan rings is 1. The molecule has 20 heavy (non-hydrogen) atoms. The van der Waals surface area contributed by atoms with Gasteiger partial charge in [0.1, 0.15) is 23.7 Å². The zero-order valence-electron chi connectivity index (χ0n) is 10.9. The van der Waals surface area contributed by atoms with Crippen LogP contribution in [0.1, 0.15) is 11.1 Å². The van der Waals surface area contributed by atoms with Crippen LogP contribution < -0.4 is 10.5 Å². The Hall–Kier alpha value is -2.46. The van der Waals surface area contributed by atoms with Crippen LogP contribution in [-0.2, 0) is 13.2 Å². The van der Waals surface area contributed by atoms with Crippen molar-refractivity contribution in [1.82, 2.24) is 0 Å². The van der Waals surface area contributed by atoms with Crippen LogP contribution in [0.25, 0.3) is 11.0 Å². The first-order valence-electron chi connectivity index (χ1n) is 6.37. The van der Waals surface area contributed by atoms with E-state index in [9.17, 15) is 5.11 Å². The Morgan fingerprint density at radius 1 is 1.15 bits per heavy atom. The Kier molecular flexibility index (Phi) is 3.31. The standard InChI is InChI=1S/C16H15NO3/c17-8-11-4-5-15-12(10-20-16(15)6-11)9-19-14-3-1-2-13(18)7-14/h1-7,10,18H,8-9,17H2. The summed E-state index contributed by atoms with van der Waals surface area (Å²) in [5.74, 6) is 0.810. The van der Waals surface area contributed by atoms with E-state index in [2.05, 4.69) is 0 Å². The summed E-state index contributed by atoms with van der Waals surface area (Å²) in [4.78, 5) is 0. The summed E-state index contributed by atoms with van der Waals surface area (Å²) in [6.07, 6.45) is 1.69. The molecule has 0 aliphatic heterocycles. The molecule has 3 aromatic rings. The fraction of sp³-hybridized carbons (Fsp3) is 0.125. The van der Waals surface area contributed by atoms with Gasteiger partial charge in [0.05, 0.1) is 6.26 Å². The van der Waals surface area contributed by atoms with Crippen molar-refractivity contribution in [3.63, 3.8) is 0 Å². The first kappa shape index (κ1) is 12.6. The third kappa shape index (κ3) is 2.46. The predicted molar refractivity (Wildman–Crippen MR) is 76.5 cm³/mol. The molecule has 0 unspecified atom stereocenters. The van der Waals surface area contributed by atoms with Crippen molar-refractivity contribution in [2.45, 2.75) is 13.2 Å². The van der Waals surface area contributed by atoms with Gasteiger partial charge in [-0.05, 0) is 23.8 Å². The lowest BCUT2D eigenvalue weighted by molar-refractivity contribution is 0.304. The minimum absolute atomic E-state index is 0.187. The van der Waals surface area contributed by atoms with Gasteiger partial charge in [-0.3, -0.25) is 0 Å². The number of benzene rings is 2. The van der Waals surface area contributed by atoms with Gasteiger partial charge in [0, 0.05) is 23.6 Å². The van der Waals surface area contributed by atoms with Crippen molar-refractivity contribution in [3.8, 4) is 11.5 Å². The van der Waals surface area contributed by atoms with E-state index in [0.29, 0.717) is 18.9 Å². The van der Waals surface area contributed by atoms with E-state index in [1.54, 1.807) is 30.5 Å². The molecule has 1 heterocycles. The van der Waals surface area contributed by atoms with Crippen LogP contribution in [0.2, 0.25) is 0 Å². The quantitative estimate of drug-likeness (QED) is 0.763. The molecule has 0 atom stereocenters. The number of phenols is 1. The van der Waals surface area contributed by atoms with E-state index in [1.807, 2.05) is 18.2 Å². The second-order valence-electron chi connectivity index (χ2n) is 4.58. The molecular weight excluding hydrogens is 254 g/mol. The van der Waals surface area contributed by atoms with Gasteiger partial charge in [0.25, 0.3) is 0 Å². The van der Waals surface area contributed by atoms with E-state index in [-0.39, 0.29) is 5.75 Å². The molecule has 1 aromatic heterocycles. The van der Waals surface area contributed by atoms with E-state index < -0.39 is 0 Å². The molecule has 102 valence electrons. The van der Waals surface area contributed by atoms with Crippen molar-refractivity contribution in [2.75, 3.05) is 0 Å². The van der Waals surface area contributed by atoms with Crippen LogP contribution in [0.15, 0.2) is 53.1 Å². The second-order valence-corrected chi connectivity index (χ2v) is 4.58. The maximum absolute atomic E-state index is 9.39. The number of nitrogens with two attached hydrogens (primary N) is 1. The zero-order valence-corrected chi connectivity index (χ0v) is 10.9. The minimum atomic E-state index is 0.187. The van der Waals surface area contributed by atoms with E-state index in [1.165, 1.54) is 0 Å². The number of rotatable bonds is 4. The highest BCUT2D eigenvalue weighted by Gasteiger charge is 2.07. The van der Waals surface area contributed by atoms with Crippen molar-refractivity contribution in [1.29, 1.82) is 0 Å². The van der Waals surface area contributed by atoms with Crippen LogP contribution in [0.3, 0.4) is 0 Å². The van der Waals surface area contributed by atoms with Crippen LogP contribution in [0.4, 0.5) is 0 Å². The van der Waals surface area contributed by atoms with Gasteiger partial charge in [0.2, 0.25) is 0 Å². The highest BCUT2D eigenvalue weighted by Crippen LogP contribution is 2.25. The molecule has 3 N–H and O–H groups in total. The summed E-state index contributed by atoms with van der Waals surface area (Å²) < 4.78 is 11.2. The van der Waals surface area contributed by atoms with Crippen LogP contribution in [0, 0.1) is 0 Å². The van der Waals surface area contributed by atoms with Gasteiger partial charge >= 0.3 is 0 Å². The average Bonchev–Trinajstić information content (AvgIpc) is 2.87. The summed E-state index contributed by atoms with van der Waals surface area (Å²) in [6, 6.07) is 12.6. The van der Waals surface area contributed by atoms with Crippen LogP contribution >= 0.6 is 0 Å². The smallest absolute Gasteiger partial charge is 0.134 e. The van der Waals surface area contributed by atoms with E-state index in [0.717, 1.165) is 22.1 Å². The molecule has 0 fully saturated rings. The molecule has 0 aliphatic carbocycles. The van der Waals surface area contributed by atoms with Gasteiger partial charge in [0.15, 0.2) is 0 Å². The van der Waals surface area contributed by atoms with Gasteiger partial charge < -0.3 is 20.0 Å². The highest BCUT2D eigenvalue weighted by atomic mass is 16.5. The van der Waals surface area contributed by atoms with Crippen LogP contribution in [-0.4, -0.2) is 5.11 Å². The Balaban J connectivity index is 1.81. The molecule has 3 rings (SSSR count). The third-order valence-electron chi connectivity index (χ3n) is 3.17. The zero-order chi connectivity index (χ0) is 13.9.